The Hall–Kier alpha value is -2.49. The second kappa shape index (κ2) is 8.48. The van der Waals surface area contributed by atoms with Gasteiger partial charge in [0, 0.05) is 31.7 Å². The average molecular weight is 421 g/mol. The highest BCUT2D eigenvalue weighted by Gasteiger charge is 2.24. The third-order valence-corrected chi connectivity index (χ3v) is 5.79. The van der Waals surface area contributed by atoms with Crippen molar-refractivity contribution in [2.24, 2.45) is 0 Å². The Kier molecular flexibility index (Phi) is 5.79. The van der Waals surface area contributed by atoms with E-state index in [0.717, 1.165) is 25.2 Å². The molecule has 9 heteroatoms. The Morgan fingerprint density at radius 2 is 1.90 bits per heavy atom. The molecule has 29 heavy (non-hydrogen) atoms. The van der Waals surface area contributed by atoms with Crippen LogP contribution >= 0.6 is 11.3 Å². The second-order valence-corrected chi connectivity index (χ2v) is 7.63. The molecule has 0 spiro atoms. The molecule has 0 aliphatic carbocycles. The number of ether oxygens (including phenoxy) is 1. The van der Waals surface area contributed by atoms with Crippen LogP contribution in [0.4, 0.5) is 18.3 Å². The van der Waals surface area contributed by atoms with Crippen molar-refractivity contribution < 1.29 is 22.7 Å². The molecule has 0 saturated carbocycles. The number of benzene rings is 2. The number of hydrogen-bond donors (Lipinski definition) is 0. The fourth-order valence-corrected chi connectivity index (χ4v) is 4.16. The van der Waals surface area contributed by atoms with Crippen molar-refractivity contribution >= 4 is 32.6 Å². The molecule has 1 aliphatic rings. The lowest BCUT2D eigenvalue weighted by atomic mass is 10.2. The van der Waals surface area contributed by atoms with E-state index in [4.69, 9.17) is 4.74 Å². The number of halogens is 3. The summed E-state index contributed by atoms with van der Waals surface area (Å²) >= 11 is 1.18. The van der Waals surface area contributed by atoms with Crippen molar-refractivity contribution in [2.75, 3.05) is 44.3 Å². The van der Waals surface area contributed by atoms with E-state index in [1.54, 1.807) is 12.1 Å². The van der Waals surface area contributed by atoms with Crippen molar-refractivity contribution in [1.82, 2.24) is 9.88 Å². The quantitative estimate of drug-likeness (QED) is 0.630. The second-order valence-electron chi connectivity index (χ2n) is 6.62. The molecular weight excluding hydrogens is 403 g/mol. The maximum Gasteiger partial charge on any atom is 0.260 e. The Bertz CT molecular complexity index is 1040. The Labute approximate surface area is 169 Å². The van der Waals surface area contributed by atoms with Crippen LogP contribution in [-0.4, -0.2) is 55.2 Å². The van der Waals surface area contributed by atoms with Crippen LogP contribution < -0.4 is 4.90 Å². The molecule has 1 amide bonds. The summed E-state index contributed by atoms with van der Waals surface area (Å²) in [6.45, 7) is 3.53. The predicted molar refractivity (Wildman–Crippen MR) is 105 cm³/mol. The molecule has 0 atom stereocenters. The third-order valence-electron chi connectivity index (χ3n) is 4.74. The normalized spacial score (nSPS) is 15.0. The zero-order chi connectivity index (χ0) is 20.4. The number of hydrogen-bond acceptors (Lipinski definition) is 5. The summed E-state index contributed by atoms with van der Waals surface area (Å²) in [5, 5.41) is 0.313. The minimum Gasteiger partial charge on any atom is -0.379 e. The molecule has 152 valence electrons. The third kappa shape index (κ3) is 4.26. The smallest absolute Gasteiger partial charge is 0.260 e. The number of para-hydroxylation sites is 1. The lowest BCUT2D eigenvalue weighted by molar-refractivity contribution is 0.0391. The summed E-state index contributed by atoms with van der Waals surface area (Å²) in [7, 11) is 0. The fourth-order valence-electron chi connectivity index (χ4n) is 3.15. The van der Waals surface area contributed by atoms with Gasteiger partial charge in [-0.1, -0.05) is 17.4 Å². The van der Waals surface area contributed by atoms with E-state index in [9.17, 15) is 18.0 Å². The van der Waals surface area contributed by atoms with Crippen LogP contribution in [0.15, 0.2) is 36.4 Å². The van der Waals surface area contributed by atoms with E-state index in [1.165, 1.54) is 28.4 Å². The molecule has 1 aliphatic heterocycles. The maximum absolute atomic E-state index is 14.1. The first-order valence-corrected chi connectivity index (χ1v) is 9.96. The van der Waals surface area contributed by atoms with E-state index < -0.39 is 23.4 Å². The number of carbonyl (C=O) groups is 1. The van der Waals surface area contributed by atoms with Crippen LogP contribution in [0.5, 0.6) is 0 Å². The van der Waals surface area contributed by atoms with E-state index in [0.29, 0.717) is 29.6 Å². The van der Waals surface area contributed by atoms with Gasteiger partial charge in [0.15, 0.2) is 16.8 Å². The van der Waals surface area contributed by atoms with E-state index in [1.807, 2.05) is 0 Å². The standard InChI is InChI=1S/C20H18F3N3O2S/c21-14-5-4-13(12-16(14)23)19(27)26(7-6-25-8-10-28-11-9-25)20-24-18-15(22)2-1-3-17(18)29-20/h1-5,12H,6-11H2. The summed E-state index contributed by atoms with van der Waals surface area (Å²) in [6, 6.07) is 7.63. The van der Waals surface area contributed by atoms with Crippen LogP contribution in [0.1, 0.15) is 10.4 Å². The van der Waals surface area contributed by atoms with Gasteiger partial charge in [0.2, 0.25) is 0 Å². The summed E-state index contributed by atoms with van der Waals surface area (Å²) in [6.07, 6.45) is 0. The van der Waals surface area contributed by atoms with E-state index in [2.05, 4.69) is 9.88 Å². The van der Waals surface area contributed by atoms with E-state index in [-0.39, 0.29) is 17.6 Å². The SMILES string of the molecule is O=C(c1ccc(F)c(F)c1)N(CCN1CCOCC1)c1nc2c(F)cccc2s1. The molecular formula is C20H18F3N3O2S. The highest BCUT2D eigenvalue weighted by Crippen LogP contribution is 2.31. The van der Waals surface area contributed by atoms with Crippen molar-refractivity contribution in [3.8, 4) is 0 Å². The number of fused-ring (bicyclic) bond motifs is 1. The minimum absolute atomic E-state index is 0.00519. The lowest BCUT2D eigenvalue weighted by Gasteiger charge is -2.29. The number of amides is 1. The van der Waals surface area contributed by atoms with E-state index >= 15 is 0 Å². The van der Waals surface area contributed by atoms with Gasteiger partial charge in [0.1, 0.15) is 11.3 Å². The number of rotatable bonds is 5. The van der Waals surface area contributed by atoms with Crippen LogP contribution in [0, 0.1) is 17.5 Å². The van der Waals surface area contributed by atoms with Gasteiger partial charge in [-0.05, 0) is 30.3 Å². The number of aromatic nitrogens is 1. The monoisotopic (exact) mass is 421 g/mol. The topological polar surface area (TPSA) is 45.7 Å². The fraction of sp³-hybridized carbons (Fsp3) is 0.300. The lowest BCUT2D eigenvalue weighted by Crippen LogP contribution is -2.43. The number of carbonyl (C=O) groups excluding carboxylic acids is 1. The van der Waals surface area contributed by atoms with Crippen LogP contribution in [0.2, 0.25) is 0 Å². The van der Waals surface area contributed by atoms with Crippen molar-refractivity contribution in [1.29, 1.82) is 0 Å². The molecule has 1 saturated heterocycles. The highest BCUT2D eigenvalue weighted by molar-refractivity contribution is 7.22. The largest absolute Gasteiger partial charge is 0.379 e. The molecule has 3 aromatic rings. The summed E-state index contributed by atoms with van der Waals surface area (Å²) < 4.78 is 47.0. The molecule has 2 aromatic carbocycles. The van der Waals surface area contributed by atoms with Gasteiger partial charge in [-0.2, -0.15) is 0 Å². The molecule has 0 bridgehead atoms. The number of anilines is 1. The van der Waals surface area contributed by atoms with Crippen molar-refractivity contribution in [2.45, 2.75) is 0 Å². The minimum atomic E-state index is -1.10. The van der Waals surface area contributed by atoms with Gasteiger partial charge in [-0.15, -0.1) is 0 Å². The van der Waals surface area contributed by atoms with Crippen molar-refractivity contribution in [3.05, 3.63) is 59.4 Å². The summed E-state index contributed by atoms with van der Waals surface area (Å²) in [5.41, 5.74) is 0.188. The summed E-state index contributed by atoms with van der Waals surface area (Å²) in [5.74, 6) is -3.11. The number of morpholine rings is 1. The molecule has 1 aromatic heterocycles. The molecule has 0 radical (unpaired) electrons. The first-order chi connectivity index (χ1) is 14.0. The maximum atomic E-state index is 14.1. The summed E-state index contributed by atoms with van der Waals surface area (Å²) in [4.78, 5) is 20.9. The van der Waals surface area contributed by atoms with Gasteiger partial charge in [-0.3, -0.25) is 14.6 Å². The molecule has 2 heterocycles. The zero-order valence-electron chi connectivity index (χ0n) is 15.4. The molecule has 0 N–H and O–H groups in total. The molecule has 5 nitrogen and oxygen atoms in total. The van der Waals surface area contributed by atoms with Gasteiger partial charge in [-0.25, -0.2) is 18.2 Å². The Balaban J connectivity index is 1.66. The van der Waals surface area contributed by atoms with Crippen LogP contribution in [0.3, 0.4) is 0 Å². The zero-order valence-corrected chi connectivity index (χ0v) is 16.2. The van der Waals surface area contributed by atoms with Gasteiger partial charge in [0.05, 0.1) is 17.9 Å². The van der Waals surface area contributed by atoms with Gasteiger partial charge in [0.25, 0.3) is 5.91 Å². The molecule has 4 rings (SSSR count). The van der Waals surface area contributed by atoms with Gasteiger partial charge >= 0.3 is 0 Å². The highest BCUT2D eigenvalue weighted by atomic mass is 32.1. The Morgan fingerprint density at radius 3 is 2.62 bits per heavy atom. The first-order valence-electron chi connectivity index (χ1n) is 9.15. The van der Waals surface area contributed by atoms with Crippen molar-refractivity contribution in [3.63, 3.8) is 0 Å². The van der Waals surface area contributed by atoms with Gasteiger partial charge < -0.3 is 4.74 Å². The molecule has 1 fully saturated rings. The number of nitrogens with zero attached hydrogens (tertiary/aromatic N) is 3. The predicted octanol–water partition coefficient (Wildman–Crippen LogP) is 3.69. The first kappa shape index (κ1) is 19.8. The average Bonchev–Trinajstić information content (AvgIpc) is 3.16. The van der Waals surface area contributed by atoms with Crippen LogP contribution in [0.25, 0.3) is 10.2 Å². The number of thiazole rings is 1. The van der Waals surface area contributed by atoms with Crippen LogP contribution in [-0.2, 0) is 4.74 Å². The molecule has 0 unspecified atom stereocenters. The Morgan fingerprint density at radius 1 is 1.10 bits per heavy atom.